The van der Waals surface area contributed by atoms with Crippen LogP contribution in [0.25, 0.3) is 11.1 Å². The molecule has 0 aliphatic rings. The summed E-state index contributed by atoms with van der Waals surface area (Å²) in [4.78, 5) is 18.6. The van der Waals surface area contributed by atoms with Crippen molar-refractivity contribution in [2.75, 3.05) is 19.8 Å². The summed E-state index contributed by atoms with van der Waals surface area (Å²) < 4.78 is 5.61. The molecule has 2 aromatic carbocycles. The van der Waals surface area contributed by atoms with E-state index in [1.807, 2.05) is 56.6 Å². The van der Waals surface area contributed by atoms with Gasteiger partial charge < -0.3 is 14.6 Å². The molecular formula is C19H21N3O2S. The van der Waals surface area contributed by atoms with E-state index in [-0.39, 0.29) is 11.7 Å². The van der Waals surface area contributed by atoms with Crippen LogP contribution in [0.2, 0.25) is 0 Å². The van der Waals surface area contributed by atoms with Gasteiger partial charge in [0.2, 0.25) is 5.91 Å². The molecule has 0 unspecified atom stereocenters. The van der Waals surface area contributed by atoms with Crippen molar-refractivity contribution in [3.8, 4) is 0 Å². The van der Waals surface area contributed by atoms with Gasteiger partial charge in [-0.3, -0.25) is 4.79 Å². The van der Waals surface area contributed by atoms with E-state index in [9.17, 15) is 4.79 Å². The third-order valence-corrected chi connectivity index (χ3v) is 4.51. The fourth-order valence-electron chi connectivity index (χ4n) is 2.51. The number of hydrogen-bond acceptors (Lipinski definition) is 5. The third-order valence-electron chi connectivity index (χ3n) is 3.68. The molecule has 1 aromatic heterocycles. The number of oxazole rings is 1. The zero-order chi connectivity index (χ0) is 17.6. The van der Waals surface area contributed by atoms with Gasteiger partial charge >= 0.3 is 0 Å². The Balaban J connectivity index is 1.53. The quantitative estimate of drug-likeness (QED) is 0.659. The van der Waals surface area contributed by atoms with Crippen LogP contribution < -0.4 is 5.32 Å². The van der Waals surface area contributed by atoms with Crippen LogP contribution in [0, 0.1) is 0 Å². The van der Waals surface area contributed by atoms with Gasteiger partial charge in [0.1, 0.15) is 5.52 Å². The Bertz CT molecular complexity index is 828. The van der Waals surface area contributed by atoms with Crippen LogP contribution in [0.15, 0.2) is 58.2 Å². The van der Waals surface area contributed by atoms with Gasteiger partial charge in [-0.25, -0.2) is 4.98 Å². The average Bonchev–Trinajstić information content (AvgIpc) is 3.01. The molecule has 0 aliphatic carbocycles. The topological polar surface area (TPSA) is 58.4 Å². The number of amides is 1. The van der Waals surface area contributed by atoms with E-state index < -0.39 is 0 Å². The molecule has 5 nitrogen and oxygen atoms in total. The minimum absolute atomic E-state index is 0.0353. The van der Waals surface area contributed by atoms with Crippen molar-refractivity contribution < 1.29 is 9.21 Å². The summed E-state index contributed by atoms with van der Waals surface area (Å²) in [7, 11) is 4.07. The molecule has 0 saturated heterocycles. The Labute approximate surface area is 151 Å². The Morgan fingerprint density at radius 1 is 1.12 bits per heavy atom. The molecular weight excluding hydrogens is 334 g/mol. The number of fused-ring (bicyclic) bond motifs is 1. The van der Waals surface area contributed by atoms with Gasteiger partial charge in [-0.2, -0.15) is 0 Å². The van der Waals surface area contributed by atoms with Gasteiger partial charge in [-0.1, -0.05) is 48.2 Å². The van der Waals surface area contributed by atoms with Gasteiger partial charge in [-0.05, 0) is 37.4 Å². The summed E-state index contributed by atoms with van der Waals surface area (Å²) in [5.41, 5.74) is 3.90. The Morgan fingerprint density at radius 3 is 2.60 bits per heavy atom. The van der Waals surface area contributed by atoms with Crippen LogP contribution in [0.3, 0.4) is 0 Å². The number of benzene rings is 2. The first-order valence-corrected chi connectivity index (χ1v) is 9.07. The first kappa shape index (κ1) is 17.5. The molecule has 6 heteroatoms. The summed E-state index contributed by atoms with van der Waals surface area (Å²) in [5.74, 6) is 0.245. The van der Waals surface area contributed by atoms with Gasteiger partial charge in [0.15, 0.2) is 5.58 Å². The maximum Gasteiger partial charge on any atom is 0.257 e. The van der Waals surface area contributed by atoms with Crippen LogP contribution in [0.4, 0.5) is 0 Å². The zero-order valence-corrected chi connectivity index (χ0v) is 15.2. The van der Waals surface area contributed by atoms with Crippen molar-refractivity contribution >= 4 is 28.8 Å². The zero-order valence-electron chi connectivity index (χ0n) is 14.4. The maximum atomic E-state index is 12.1. The minimum Gasteiger partial charge on any atom is -0.431 e. The molecule has 1 heterocycles. The lowest BCUT2D eigenvalue weighted by Crippen LogP contribution is -2.25. The van der Waals surface area contributed by atoms with Crippen LogP contribution in [0.5, 0.6) is 0 Å². The van der Waals surface area contributed by atoms with Crippen LogP contribution >= 0.6 is 11.8 Å². The normalized spacial score (nSPS) is 11.2. The first-order valence-electron chi connectivity index (χ1n) is 8.08. The number of carbonyl (C=O) groups is 1. The maximum absolute atomic E-state index is 12.1. The van der Waals surface area contributed by atoms with Gasteiger partial charge in [-0.15, -0.1) is 0 Å². The number of aromatic nitrogens is 1. The third kappa shape index (κ3) is 4.84. The first-order chi connectivity index (χ1) is 12.1. The standard InChI is InChI=1S/C19H21N3O2S/c1-22(2)12-15-8-4-3-7-14(15)11-20-18(23)13-25-19-21-16-9-5-6-10-17(16)24-19/h3-10H,11-13H2,1-2H3,(H,20,23). The molecule has 3 aromatic rings. The number of hydrogen-bond donors (Lipinski definition) is 1. The molecule has 0 atom stereocenters. The van der Waals surface area contributed by atoms with E-state index in [2.05, 4.69) is 21.3 Å². The van der Waals surface area contributed by atoms with Crippen molar-refractivity contribution in [1.29, 1.82) is 0 Å². The fourth-order valence-corrected chi connectivity index (χ4v) is 3.18. The Morgan fingerprint density at radius 2 is 1.84 bits per heavy atom. The molecule has 0 saturated carbocycles. The predicted molar refractivity (Wildman–Crippen MR) is 100 cm³/mol. The fraction of sp³-hybridized carbons (Fsp3) is 0.263. The second-order valence-corrected chi connectivity index (χ2v) is 6.95. The number of nitrogens with zero attached hydrogens (tertiary/aromatic N) is 2. The second-order valence-electron chi connectivity index (χ2n) is 6.02. The number of carbonyl (C=O) groups excluding carboxylic acids is 1. The highest BCUT2D eigenvalue weighted by Crippen LogP contribution is 2.22. The summed E-state index contributed by atoms with van der Waals surface area (Å²) in [5, 5.41) is 3.49. The van der Waals surface area contributed by atoms with Crippen molar-refractivity contribution in [3.05, 3.63) is 59.7 Å². The van der Waals surface area contributed by atoms with Crippen molar-refractivity contribution in [2.45, 2.75) is 18.3 Å². The van der Waals surface area contributed by atoms with Gasteiger partial charge in [0, 0.05) is 13.1 Å². The van der Waals surface area contributed by atoms with Crippen molar-refractivity contribution in [3.63, 3.8) is 0 Å². The number of nitrogens with one attached hydrogen (secondary N) is 1. The summed E-state index contributed by atoms with van der Waals surface area (Å²) in [6.07, 6.45) is 0. The Kier molecular flexibility index (Phi) is 5.73. The van der Waals surface area contributed by atoms with Crippen LogP contribution in [0.1, 0.15) is 11.1 Å². The average molecular weight is 355 g/mol. The van der Waals surface area contributed by atoms with E-state index >= 15 is 0 Å². The van der Waals surface area contributed by atoms with Crippen LogP contribution in [-0.4, -0.2) is 35.6 Å². The van der Waals surface area contributed by atoms with Crippen LogP contribution in [-0.2, 0) is 17.9 Å². The molecule has 0 fully saturated rings. The molecule has 130 valence electrons. The molecule has 1 N–H and O–H groups in total. The second kappa shape index (κ2) is 8.18. The summed E-state index contributed by atoms with van der Waals surface area (Å²) >= 11 is 1.31. The van der Waals surface area contributed by atoms with E-state index in [4.69, 9.17) is 4.42 Å². The SMILES string of the molecule is CN(C)Cc1ccccc1CNC(=O)CSc1nc2ccccc2o1. The lowest BCUT2D eigenvalue weighted by atomic mass is 10.1. The van der Waals surface area contributed by atoms with E-state index in [0.717, 1.165) is 23.2 Å². The van der Waals surface area contributed by atoms with E-state index in [1.54, 1.807) is 0 Å². The molecule has 3 rings (SSSR count). The smallest absolute Gasteiger partial charge is 0.257 e. The van der Waals surface area contributed by atoms with E-state index in [1.165, 1.54) is 17.3 Å². The largest absolute Gasteiger partial charge is 0.431 e. The highest BCUT2D eigenvalue weighted by atomic mass is 32.2. The molecule has 0 bridgehead atoms. The molecule has 0 spiro atoms. The van der Waals surface area contributed by atoms with E-state index in [0.29, 0.717) is 11.8 Å². The number of para-hydroxylation sites is 2. The molecule has 0 radical (unpaired) electrons. The lowest BCUT2D eigenvalue weighted by molar-refractivity contribution is -0.118. The minimum atomic E-state index is -0.0353. The van der Waals surface area contributed by atoms with Gasteiger partial charge in [0.25, 0.3) is 5.22 Å². The highest BCUT2D eigenvalue weighted by Gasteiger charge is 2.10. The van der Waals surface area contributed by atoms with Crippen molar-refractivity contribution in [2.24, 2.45) is 0 Å². The highest BCUT2D eigenvalue weighted by molar-refractivity contribution is 7.99. The molecule has 0 aliphatic heterocycles. The molecule has 25 heavy (non-hydrogen) atoms. The summed E-state index contributed by atoms with van der Waals surface area (Å²) in [6, 6.07) is 15.7. The lowest BCUT2D eigenvalue weighted by Gasteiger charge is -2.14. The Hall–Kier alpha value is -2.31. The predicted octanol–water partition coefficient (Wildman–Crippen LogP) is 3.30. The van der Waals surface area contributed by atoms with Crippen molar-refractivity contribution in [1.82, 2.24) is 15.2 Å². The number of rotatable bonds is 7. The monoisotopic (exact) mass is 355 g/mol. The number of thioether (sulfide) groups is 1. The van der Waals surface area contributed by atoms with Gasteiger partial charge in [0.05, 0.1) is 5.75 Å². The molecule has 1 amide bonds. The summed E-state index contributed by atoms with van der Waals surface area (Å²) in [6.45, 7) is 1.38.